The van der Waals surface area contributed by atoms with Gasteiger partial charge in [0, 0.05) is 12.8 Å². The number of ether oxygens (including phenoxy) is 2. The van der Waals surface area contributed by atoms with Gasteiger partial charge in [-0.1, -0.05) is 295 Å². The molecule has 0 aliphatic heterocycles. The van der Waals surface area contributed by atoms with Crippen LogP contribution in [0.4, 0.5) is 0 Å². The number of hydrogen-bond donors (Lipinski definition) is 1. The quantitative estimate of drug-likeness (QED) is 0.0211. The summed E-state index contributed by atoms with van der Waals surface area (Å²) >= 11 is 0. The summed E-state index contributed by atoms with van der Waals surface area (Å²) in [7, 11) is 1.49. The second-order valence-electron chi connectivity index (χ2n) is 24.6. The molecule has 0 fully saturated rings. The van der Waals surface area contributed by atoms with Crippen LogP contribution < -0.4 is 0 Å². The van der Waals surface area contributed by atoms with E-state index in [0.717, 1.165) is 51.4 Å². The number of phosphoric acid groups is 1. The molecule has 0 bridgehead atoms. The van der Waals surface area contributed by atoms with E-state index in [0.29, 0.717) is 17.4 Å². The standard InChI is InChI=1S/C68H132NO8P/c1-6-8-10-12-14-16-18-20-22-23-24-25-26-27-28-29-30-31-32-33-34-35-36-37-38-39-40-41-42-43-44-45-47-49-51-53-55-57-59-61-68(71)77-66(65-76-78(72,73)75-63-62-69(3,4)5)64-74-67(70)60-58-56-54-52-50-48-46-21-19-17-15-13-11-9-7-2/h21,23-24,46,66H,6-20,22,25-45,47-65H2,1-5H3/p+1/b24-23-,46-21-. The Morgan fingerprint density at radius 2 is 0.654 bits per heavy atom. The predicted molar refractivity (Wildman–Crippen MR) is 335 cm³/mol. The molecule has 0 aliphatic carbocycles. The van der Waals surface area contributed by atoms with Gasteiger partial charge in [0.25, 0.3) is 0 Å². The van der Waals surface area contributed by atoms with Crippen molar-refractivity contribution in [3.63, 3.8) is 0 Å². The zero-order valence-corrected chi connectivity index (χ0v) is 53.6. The third-order valence-corrected chi connectivity index (χ3v) is 16.4. The lowest BCUT2D eigenvalue weighted by atomic mass is 10.0. The second kappa shape index (κ2) is 60.1. The monoisotopic (exact) mass is 1120 g/mol. The van der Waals surface area contributed by atoms with Crippen LogP contribution in [-0.2, 0) is 32.7 Å². The Morgan fingerprint density at radius 1 is 0.385 bits per heavy atom. The van der Waals surface area contributed by atoms with Gasteiger partial charge in [-0.25, -0.2) is 4.57 Å². The van der Waals surface area contributed by atoms with Crippen molar-refractivity contribution in [3.05, 3.63) is 24.3 Å². The molecule has 0 radical (unpaired) electrons. The number of rotatable bonds is 64. The van der Waals surface area contributed by atoms with Gasteiger partial charge in [0.05, 0.1) is 27.7 Å². The topological polar surface area (TPSA) is 108 Å². The molecular formula is C68H133NO8P+. The summed E-state index contributed by atoms with van der Waals surface area (Å²) in [4.78, 5) is 35.7. The van der Waals surface area contributed by atoms with Crippen LogP contribution in [-0.4, -0.2) is 74.9 Å². The zero-order chi connectivity index (χ0) is 57.0. The van der Waals surface area contributed by atoms with Gasteiger partial charge in [0.15, 0.2) is 6.10 Å². The summed E-state index contributed by atoms with van der Waals surface area (Å²) in [6.45, 7) is 4.47. The summed E-state index contributed by atoms with van der Waals surface area (Å²) in [5, 5.41) is 0. The van der Waals surface area contributed by atoms with Crippen molar-refractivity contribution in [1.82, 2.24) is 0 Å². The molecule has 0 aliphatic rings. The molecule has 0 aromatic rings. The van der Waals surface area contributed by atoms with E-state index in [1.54, 1.807) is 0 Å². The summed E-state index contributed by atoms with van der Waals surface area (Å²) in [5.74, 6) is -0.789. The Morgan fingerprint density at radius 3 is 0.949 bits per heavy atom. The molecule has 0 saturated heterocycles. The van der Waals surface area contributed by atoms with Gasteiger partial charge >= 0.3 is 19.8 Å². The van der Waals surface area contributed by atoms with Gasteiger partial charge in [0.2, 0.25) is 0 Å². The van der Waals surface area contributed by atoms with Crippen LogP contribution in [0, 0.1) is 0 Å². The molecule has 10 heteroatoms. The van der Waals surface area contributed by atoms with Crippen LogP contribution in [0.2, 0.25) is 0 Å². The third-order valence-electron chi connectivity index (χ3n) is 15.5. The highest BCUT2D eigenvalue weighted by Crippen LogP contribution is 2.43. The zero-order valence-electron chi connectivity index (χ0n) is 52.7. The third kappa shape index (κ3) is 63.7. The smallest absolute Gasteiger partial charge is 0.462 e. The Balaban J connectivity index is 3.86. The maximum Gasteiger partial charge on any atom is 0.472 e. The first-order valence-corrected chi connectivity index (χ1v) is 35.6. The van der Waals surface area contributed by atoms with Gasteiger partial charge in [-0.05, 0) is 64.2 Å². The number of phosphoric ester groups is 1. The number of esters is 2. The fourth-order valence-electron chi connectivity index (χ4n) is 10.2. The SMILES string of the molecule is CCCCCCCC/C=C\CCCCCCCC(=O)OCC(COP(=O)(O)OCC[N+](C)(C)C)OC(=O)CCCCCCCCCCCCCCCCCCCCCCCCCCCCC/C=C\CCCCCCCCCC. The van der Waals surface area contributed by atoms with Gasteiger partial charge < -0.3 is 18.9 Å². The van der Waals surface area contributed by atoms with Crippen molar-refractivity contribution in [1.29, 1.82) is 0 Å². The number of allylic oxidation sites excluding steroid dienone is 4. The number of quaternary nitrogens is 1. The van der Waals surface area contributed by atoms with Crippen LogP contribution in [0.1, 0.15) is 348 Å². The van der Waals surface area contributed by atoms with Crippen LogP contribution in [0.3, 0.4) is 0 Å². The van der Waals surface area contributed by atoms with Crippen LogP contribution in [0.5, 0.6) is 0 Å². The first-order valence-electron chi connectivity index (χ1n) is 34.1. The largest absolute Gasteiger partial charge is 0.472 e. The first-order chi connectivity index (χ1) is 38.0. The number of nitrogens with zero attached hydrogens (tertiary/aromatic N) is 1. The van der Waals surface area contributed by atoms with E-state index in [4.69, 9.17) is 18.5 Å². The molecule has 0 saturated carbocycles. The molecule has 462 valence electrons. The van der Waals surface area contributed by atoms with Crippen molar-refractivity contribution < 1.29 is 42.1 Å². The molecule has 78 heavy (non-hydrogen) atoms. The van der Waals surface area contributed by atoms with E-state index in [2.05, 4.69) is 38.2 Å². The molecule has 0 spiro atoms. The fraction of sp³-hybridized carbons (Fsp3) is 0.912. The first kappa shape index (κ1) is 76.5. The average molecular weight is 1120 g/mol. The van der Waals surface area contributed by atoms with Crippen molar-refractivity contribution in [2.75, 3.05) is 47.5 Å². The van der Waals surface area contributed by atoms with Crippen LogP contribution in [0.25, 0.3) is 0 Å². The molecule has 0 rings (SSSR count). The van der Waals surface area contributed by atoms with E-state index >= 15 is 0 Å². The Bertz CT molecular complexity index is 1370. The number of hydrogen-bond acceptors (Lipinski definition) is 7. The molecular weight excluding hydrogens is 990 g/mol. The molecule has 0 heterocycles. The second-order valence-corrected chi connectivity index (χ2v) is 26.0. The lowest BCUT2D eigenvalue weighted by molar-refractivity contribution is -0.870. The summed E-state index contributed by atoms with van der Waals surface area (Å²) in [6.07, 6.45) is 74.5. The fourth-order valence-corrected chi connectivity index (χ4v) is 10.9. The van der Waals surface area contributed by atoms with Crippen molar-refractivity contribution >= 4 is 19.8 Å². The van der Waals surface area contributed by atoms with Crippen LogP contribution in [0.15, 0.2) is 24.3 Å². The number of carbonyl (C=O) groups excluding carboxylic acids is 2. The maximum atomic E-state index is 12.8. The Hall–Kier alpha value is -1.51. The maximum absolute atomic E-state index is 12.8. The number of likely N-dealkylation sites (N-methyl/N-ethyl adjacent to an activating group) is 1. The van der Waals surface area contributed by atoms with Crippen molar-refractivity contribution in [2.45, 2.75) is 354 Å². The van der Waals surface area contributed by atoms with Gasteiger partial charge in [-0.3, -0.25) is 18.6 Å². The minimum Gasteiger partial charge on any atom is -0.462 e. The van der Waals surface area contributed by atoms with Gasteiger partial charge in [-0.15, -0.1) is 0 Å². The van der Waals surface area contributed by atoms with E-state index < -0.39 is 26.5 Å². The number of carbonyl (C=O) groups is 2. The lowest BCUT2D eigenvalue weighted by Gasteiger charge is -2.24. The molecule has 0 amide bonds. The lowest BCUT2D eigenvalue weighted by Crippen LogP contribution is -2.37. The Labute approximate surface area is 485 Å². The molecule has 1 N–H and O–H groups in total. The molecule has 9 nitrogen and oxygen atoms in total. The summed E-state index contributed by atoms with van der Waals surface area (Å²) in [5.41, 5.74) is 0. The molecule has 2 unspecified atom stereocenters. The molecule has 0 aromatic carbocycles. The predicted octanol–water partition coefficient (Wildman–Crippen LogP) is 21.7. The average Bonchev–Trinajstić information content (AvgIpc) is 3.41. The van der Waals surface area contributed by atoms with E-state index in [1.165, 1.54) is 263 Å². The van der Waals surface area contributed by atoms with E-state index in [9.17, 15) is 19.0 Å². The van der Waals surface area contributed by atoms with Crippen molar-refractivity contribution in [3.8, 4) is 0 Å². The highest BCUT2D eigenvalue weighted by molar-refractivity contribution is 7.47. The van der Waals surface area contributed by atoms with Gasteiger partial charge in [0.1, 0.15) is 19.8 Å². The van der Waals surface area contributed by atoms with Crippen LogP contribution >= 0.6 is 7.82 Å². The minimum atomic E-state index is -4.38. The highest BCUT2D eigenvalue weighted by atomic mass is 31.2. The number of unbranched alkanes of at least 4 members (excludes halogenated alkanes) is 46. The van der Waals surface area contributed by atoms with Gasteiger partial charge in [-0.2, -0.15) is 0 Å². The van der Waals surface area contributed by atoms with E-state index in [-0.39, 0.29) is 32.0 Å². The van der Waals surface area contributed by atoms with Crippen molar-refractivity contribution in [2.24, 2.45) is 0 Å². The normalized spacial score (nSPS) is 13.3. The molecule has 2 atom stereocenters. The highest BCUT2D eigenvalue weighted by Gasteiger charge is 2.27. The van der Waals surface area contributed by atoms with E-state index in [1.807, 2.05) is 21.1 Å². The summed E-state index contributed by atoms with van der Waals surface area (Å²) in [6, 6.07) is 0. The molecule has 0 aromatic heterocycles. The summed E-state index contributed by atoms with van der Waals surface area (Å²) < 4.78 is 34.6. The minimum absolute atomic E-state index is 0.0335. The Kier molecular flexibility index (Phi) is 58.9.